The van der Waals surface area contributed by atoms with E-state index in [0.29, 0.717) is 0 Å². The molecule has 0 unspecified atom stereocenters. The van der Waals surface area contributed by atoms with Gasteiger partial charge in [-0.25, -0.2) is 0 Å². The highest BCUT2D eigenvalue weighted by Gasteiger charge is 2.17. The molecule has 0 atom stereocenters. The van der Waals surface area contributed by atoms with E-state index in [-0.39, 0.29) is 29.8 Å². The molecule has 1 rings (SSSR count). The van der Waals surface area contributed by atoms with Crippen LogP contribution in [0.2, 0.25) is 0 Å². The van der Waals surface area contributed by atoms with Crippen molar-refractivity contribution in [3.05, 3.63) is 22.2 Å². The van der Waals surface area contributed by atoms with E-state index >= 15 is 0 Å². The van der Waals surface area contributed by atoms with Crippen LogP contribution in [0.1, 0.15) is 0 Å². The molecule has 0 aromatic carbocycles. The minimum atomic E-state index is -0.574. The van der Waals surface area contributed by atoms with Crippen LogP contribution in [-0.4, -0.2) is 48.5 Å². The Morgan fingerprint density at radius 2 is 2.22 bits per heavy atom. The molecule has 1 amide bonds. The lowest BCUT2D eigenvalue weighted by Crippen LogP contribution is -2.29. The van der Waals surface area contributed by atoms with Gasteiger partial charge in [0, 0.05) is 26.2 Å². The van der Waals surface area contributed by atoms with Crippen molar-refractivity contribution >= 4 is 17.4 Å². The number of pyridine rings is 1. The molecule has 0 aliphatic carbocycles. The fraction of sp³-hybridized carbons (Fsp3) is 0.400. The van der Waals surface area contributed by atoms with Gasteiger partial charge in [-0.05, 0) is 0 Å². The predicted octanol–water partition coefficient (Wildman–Crippen LogP) is 0.498. The summed E-state index contributed by atoms with van der Waals surface area (Å²) in [6.45, 7) is -0.0754. The third kappa shape index (κ3) is 3.30. The third-order valence-electron chi connectivity index (χ3n) is 2.16. The number of nitrogens with zero attached hydrogens (tertiary/aromatic N) is 3. The molecule has 1 N–H and O–H groups in total. The van der Waals surface area contributed by atoms with Crippen LogP contribution in [0.15, 0.2) is 12.1 Å². The highest BCUT2D eigenvalue weighted by molar-refractivity contribution is 5.80. The number of nitro groups is 1. The molecule has 1 heterocycles. The van der Waals surface area contributed by atoms with Gasteiger partial charge in [0.05, 0.1) is 18.6 Å². The molecule has 18 heavy (non-hydrogen) atoms. The number of hydrogen-bond acceptors (Lipinski definition) is 6. The Hall–Kier alpha value is -2.38. The molecule has 98 valence electrons. The zero-order valence-electron chi connectivity index (χ0n) is 10.3. The Bertz CT molecular complexity index is 461. The van der Waals surface area contributed by atoms with Gasteiger partial charge >= 0.3 is 5.69 Å². The van der Waals surface area contributed by atoms with Crippen molar-refractivity contribution in [2.24, 2.45) is 0 Å². The number of anilines is 1. The number of ether oxygens (including phenoxy) is 1. The molecule has 0 saturated heterocycles. The summed E-state index contributed by atoms with van der Waals surface area (Å²) in [6, 6.07) is 2.66. The van der Waals surface area contributed by atoms with E-state index < -0.39 is 4.92 Å². The first-order valence-electron chi connectivity index (χ1n) is 5.09. The van der Waals surface area contributed by atoms with Crippen LogP contribution < -0.4 is 10.1 Å². The topological polar surface area (TPSA) is 97.6 Å². The Kier molecular flexibility index (Phi) is 4.41. The number of nitrogens with one attached hydrogen (secondary N) is 1. The SMILES string of the molecule is COc1ccc([N+](=O)[O-])c(NCC(=O)N(C)C)n1. The van der Waals surface area contributed by atoms with E-state index in [1.54, 1.807) is 14.1 Å². The first kappa shape index (κ1) is 13.7. The van der Waals surface area contributed by atoms with E-state index in [0.717, 1.165) is 0 Å². The summed E-state index contributed by atoms with van der Waals surface area (Å²) in [4.78, 5) is 26.9. The van der Waals surface area contributed by atoms with Crippen LogP contribution >= 0.6 is 0 Å². The fourth-order valence-electron chi connectivity index (χ4n) is 1.14. The average Bonchev–Trinajstić information content (AvgIpc) is 2.34. The molecule has 8 heteroatoms. The Morgan fingerprint density at radius 3 is 2.72 bits per heavy atom. The summed E-state index contributed by atoms with van der Waals surface area (Å²) in [6.07, 6.45) is 0. The number of amides is 1. The number of methoxy groups -OCH3 is 1. The number of hydrogen-bond donors (Lipinski definition) is 1. The van der Waals surface area contributed by atoms with Crippen LogP contribution in [-0.2, 0) is 4.79 Å². The normalized spacial score (nSPS) is 9.72. The molecule has 0 aliphatic heterocycles. The van der Waals surface area contributed by atoms with Gasteiger partial charge in [-0.2, -0.15) is 4.98 Å². The van der Waals surface area contributed by atoms with Crippen molar-refractivity contribution in [1.29, 1.82) is 0 Å². The fourth-order valence-corrected chi connectivity index (χ4v) is 1.14. The molecular weight excluding hydrogens is 240 g/mol. The quantitative estimate of drug-likeness (QED) is 0.607. The maximum Gasteiger partial charge on any atom is 0.311 e. The summed E-state index contributed by atoms with van der Waals surface area (Å²) in [5.41, 5.74) is -0.206. The molecule has 0 fully saturated rings. The van der Waals surface area contributed by atoms with Gasteiger partial charge in [0.2, 0.25) is 17.6 Å². The zero-order chi connectivity index (χ0) is 13.7. The highest BCUT2D eigenvalue weighted by Crippen LogP contribution is 2.24. The summed E-state index contributed by atoms with van der Waals surface area (Å²) < 4.78 is 4.87. The van der Waals surface area contributed by atoms with Crippen LogP contribution in [0.4, 0.5) is 11.5 Å². The van der Waals surface area contributed by atoms with Gasteiger partial charge in [0.15, 0.2) is 0 Å². The van der Waals surface area contributed by atoms with Crippen molar-refractivity contribution in [3.8, 4) is 5.88 Å². The molecule has 1 aromatic heterocycles. The molecule has 8 nitrogen and oxygen atoms in total. The zero-order valence-corrected chi connectivity index (χ0v) is 10.3. The first-order valence-corrected chi connectivity index (χ1v) is 5.09. The first-order chi connectivity index (χ1) is 8.45. The number of aromatic nitrogens is 1. The second-order valence-corrected chi connectivity index (χ2v) is 3.62. The van der Waals surface area contributed by atoms with Gasteiger partial charge in [-0.1, -0.05) is 0 Å². The summed E-state index contributed by atoms with van der Waals surface area (Å²) in [5.74, 6) is 0.0314. The molecule has 1 aromatic rings. The lowest BCUT2D eigenvalue weighted by Gasteiger charge is -2.11. The van der Waals surface area contributed by atoms with Crippen LogP contribution in [0.3, 0.4) is 0 Å². The lowest BCUT2D eigenvalue weighted by atomic mass is 10.3. The van der Waals surface area contributed by atoms with E-state index in [9.17, 15) is 14.9 Å². The van der Waals surface area contributed by atoms with E-state index in [1.807, 2.05) is 0 Å². The van der Waals surface area contributed by atoms with Crippen LogP contribution in [0.25, 0.3) is 0 Å². The Morgan fingerprint density at radius 1 is 1.56 bits per heavy atom. The van der Waals surface area contributed by atoms with Crippen LogP contribution in [0.5, 0.6) is 5.88 Å². The van der Waals surface area contributed by atoms with E-state index in [2.05, 4.69) is 10.3 Å². The van der Waals surface area contributed by atoms with Gasteiger partial charge in [-0.3, -0.25) is 14.9 Å². The van der Waals surface area contributed by atoms with Crippen molar-refractivity contribution < 1.29 is 14.5 Å². The highest BCUT2D eigenvalue weighted by atomic mass is 16.6. The summed E-state index contributed by atoms with van der Waals surface area (Å²) in [7, 11) is 4.60. The molecule has 0 saturated carbocycles. The van der Waals surface area contributed by atoms with Gasteiger partial charge < -0.3 is 15.0 Å². The van der Waals surface area contributed by atoms with Gasteiger partial charge in [0.25, 0.3) is 0 Å². The Balaban J connectivity index is 2.91. The van der Waals surface area contributed by atoms with E-state index in [4.69, 9.17) is 4.74 Å². The predicted molar refractivity (Wildman–Crippen MR) is 64.6 cm³/mol. The molecule has 0 radical (unpaired) electrons. The number of carbonyl (C=O) groups excluding carboxylic acids is 1. The maximum absolute atomic E-state index is 11.4. The van der Waals surface area contributed by atoms with Gasteiger partial charge in [-0.15, -0.1) is 0 Å². The second-order valence-electron chi connectivity index (χ2n) is 3.62. The molecule has 0 aliphatic rings. The minimum absolute atomic E-state index is 0.00884. The summed E-state index contributed by atoms with van der Waals surface area (Å²) in [5, 5.41) is 13.4. The number of carbonyl (C=O) groups is 1. The standard InChI is InChI=1S/C10H14N4O4/c1-13(2)9(15)6-11-10-7(14(16)17)4-5-8(12-10)18-3/h4-5H,6H2,1-3H3,(H,11,12). The molecule has 0 bridgehead atoms. The maximum atomic E-state index is 11.4. The molecule has 0 spiro atoms. The van der Waals surface area contributed by atoms with Crippen LogP contribution in [0, 0.1) is 10.1 Å². The van der Waals surface area contributed by atoms with E-state index in [1.165, 1.54) is 24.1 Å². The number of rotatable bonds is 5. The Labute approximate surface area is 104 Å². The van der Waals surface area contributed by atoms with Crippen molar-refractivity contribution in [2.45, 2.75) is 0 Å². The van der Waals surface area contributed by atoms with Crippen molar-refractivity contribution in [3.63, 3.8) is 0 Å². The largest absolute Gasteiger partial charge is 0.481 e. The third-order valence-corrected chi connectivity index (χ3v) is 2.16. The smallest absolute Gasteiger partial charge is 0.311 e. The second kappa shape index (κ2) is 5.80. The van der Waals surface area contributed by atoms with Crippen molar-refractivity contribution in [2.75, 3.05) is 33.1 Å². The molecular formula is C10H14N4O4. The van der Waals surface area contributed by atoms with Gasteiger partial charge in [0.1, 0.15) is 0 Å². The number of likely N-dealkylation sites (N-methyl/N-ethyl adjacent to an activating group) is 1. The average molecular weight is 254 g/mol. The lowest BCUT2D eigenvalue weighted by molar-refractivity contribution is -0.384. The van der Waals surface area contributed by atoms with Crippen molar-refractivity contribution in [1.82, 2.24) is 9.88 Å². The summed E-state index contributed by atoms with van der Waals surface area (Å²) >= 11 is 0. The minimum Gasteiger partial charge on any atom is -0.481 e. The monoisotopic (exact) mass is 254 g/mol.